The second kappa shape index (κ2) is 7.33. The molecule has 3 aromatic rings. The van der Waals surface area contributed by atoms with Gasteiger partial charge in [-0.15, -0.1) is 0 Å². The summed E-state index contributed by atoms with van der Waals surface area (Å²) >= 11 is 0. The maximum absolute atomic E-state index is 13.3. The normalized spacial score (nSPS) is 16.1. The van der Waals surface area contributed by atoms with Gasteiger partial charge in [-0.3, -0.25) is 9.88 Å². The highest BCUT2D eigenvalue weighted by Crippen LogP contribution is 2.19. The Bertz CT molecular complexity index is 907. The predicted octanol–water partition coefficient (Wildman–Crippen LogP) is 3.98. The van der Waals surface area contributed by atoms with E-state index in [0.717, 1.165) is 48.3 Å². The van der Waals surface area contributed by atoms with E-state index >= 15 is 0 Å². The molecule has 1 fully saturated rings. The minimum Gasteiger partial charge on any atom is -0.366 e. The molecular weight excluding hydrogens is 334 g/mol. The molecule has 2 heterocycles. The summed E-state index contributed by atoms with van der Waals surface area (Å²) in [6.07, 6.45) is 3.71. The van der Waals surface area contributed by atoms with E-state index < -0.39 is 11.6 Å². The SMILES string of the molecule is Fc1ccc(CN2CCC(Nc3cnc4ccccc4n3)CC2)cc1F. The fourth-order valence-electron chi connectivity index (χ4n) is 3.37. The van der Waals surface area contributed by atoms with Crippen molar-refractivity contribution in [2.24, 2.45) is 0 Å². The molecular formula is C20H20F2N4. The average molecular weight is 354 g/mol. The molecule has 0 aliphatic carbocycles. The van der Waals surface area contributed by atoms with Crippen molar-refractivity contribution in [2.75, 3.05) is 18.4 Å². The molecule has 4 rings (SSSR count). The molecule has 1 aromatic heterocycles. The van der Waals surface area contributed by atoms with E-state index in [1.54, 1.807) is 12.3 Å². The van der Waals surface area contributed by atoms with E-state index in [1.807, 2.05) is 24.3 Å². The van der Waals surface area contributed by atoms with Crippen molar-refractivity contribution in [1.82, 2.24) is 14.9 Å². The number of fused-ring (bicyclic) bond motifs is 1. The summed E-state index contributed by atoms with van der Waals surface area (Å²) in [6.45, 7) is 2.44. The second-order valence-electron chi connectivity index (χ2n) is 6.69. The number of hydrogen-bond acceptors (Lipinski definition) is 4. The number of halogens is 2. The molecule has 26 heavy (non-hydrogen) atoms. The fraction of sp³-hybridized carbons (Fsp3) is 0.300. The second-order valence-corrected chi connectivity index (χ2v) is 6.69. The smallest absolute Gasteiger partial charge is 0.159 e. The number of benzene rings is 2. The van der Waals surface area contributed by atoms with Crippen LogP contribution in [0.1, 0.15) is 18.4 Å². The summed E-state index contributed by atoms with van der Waals surface area (Å²) < 4.78 is 26.4. The largest absolute Gasteiger partial charge is 0.366 e. The minimum atomic E-state index is -0.798. The standard InChI is InChI=1S/C20H20F2N4/c21-16-6-5-14(11-17(16)22)13-26-9-7-15(8-10-26)24-20-12-23-18-3-1-2-4-19(18)25-20/h1-6,11-12,15H,7-10,13H2,(H,24,25). The van der Waals surface area contributed by atoms with Gasteiger partial charge in [-0.2, -0.15) is 0 Å². The van der Waals surface area contributed by atoms with Crippen molar-refractivity contribution < 1.29 is 8.78 Å². The summed E-state index contributed by atoms with van der Waals surface area (Å²) in [5.41, 5.74) is 2.57. The number of piperidine rings is 1. The van der Waals surface area contributed by atoms with Crippen molar-refractivity contribution in [3.05, 3.63) is 65.9 Å². The van der Waals surface area contributed by atoms with E-state index in [1.165, 1.54) is 12.1 Å². The van der Waals surface area contributed by atoms with Crippen LogP contribution in [0.15, 0.2) is 48.7 Å². The van der Waals surface area contributed by atoms with E-state index in [-0.39, 0.29) is 0 Å². The number of likely N-dealkylation sites (tertiary alicyclic amines) is 1. The Morgan fingerprint density at radius 2 is 1.77 bits per heavy atom. The number of nitrogens with zero attached hydrogens (tertiary/aromatic N) is 3. The maximum Gasteiger partial charge on any atom is 0.159 e. The highest BCUT2D eigenvalue weighted by molar-refractivity contribution is 5.75. The summed E-state index contributed by atoms with van der Waals surface area (Å²) in [7, 11) is 0. The highest BCUT2D eigenvalue weighted by Gasteiger charge is 2.20. The number of anilines is 1. The Kier molecular flexibility index (Phi) is 4.75. The van der Waals surface area contributed by atoms with Gasteiger partial charge in [0.15, 0.2) is 11.6 Å². The van der Waals surface area contributed by atoms with Crippen LogP contribution in [0, 0.1) is 11.6 Å². The monoisotopic (exact) mass is 354 g/mol. The zero-order valence-corrected chi connectivity index (χ0v) is 14.3. The molecule has 0 saturated carbocycles. The Balaban J connectivity index is 1.33. The van der Waals surface area contributed by atoms with Crippen LogP contribution >= 0.6 is 0 Å². The number of hydrogen-bond donors (Lipinski definition) is 1. The van der Waals surface area contributed by atoms with Crippen LogP contribution in [0.25, 0.3) is 11.0 Å². The third kappa shape index (κ3) is 3.80. The quantitative estimate of drug-likeness (QED) is 0.769. The lowest BCUT2D eigenvalue weighted by atomic mass is 10.0. The average Bonchev–Trinajstić information content (AvgIpc) is 2.66. The van der Waals surface area contributed by atoms with Crippen LogP contribution in [0.4, 0.5) is 14.6 Å². The first-order valence-electron chi connectivity index (χ1n) is 8.82. The van der Waals surface area contributed by atoms with Gasteiger partial charge in [-0.05, 0) is 42.7 Å². The lowest BCUT2D eigenvalue weighted by Crippen LogP contribution is -2.38. The zero-order chi connectivity index (χ0) is 17.9. The predicted molar refractivity (Wildman–Crippen MR) is 97.8 cm³/mol. The molecule has 0 amide bonds. The van der Waals surface area contributed by atoms with Crippen LogP contribution in [-0.2, 0) is 6.54 Å². The molecule has 0 radical (unpaired) electrons. The van der Waals surface area contributed by atoms with Gasteiger partial charge in [-0.1, -0.05) is 18.2 Å². The van der Waals surface area contributed by atoms with Gasteiger partial charge < -0.3 is 5.32 Å². The molecule has 6 heteroatoms. The molecule has 0 unspecified atom stereocenters. The summed E-state index contributed by atoms with van der Waals surface area (Å²) in [5, 5.41) is 3.46. The maximum atomic E-state index is 13.3. The molecule has 4 nitrogen and oxygen atoms in total. The number of nitrogens with one attached hydrogen (secondary N) is 1. The van der Waals surface area contributed by atoms with Gasteiger partial charge in [0.25, 0.3) is 0 Å². The van der Waals surface area contributed by atoms with Gasteiger partial charge in [0, 0.05) is 25.7 Å². The van der Waals surface area contributed by atoms with Crippen molar-refractivity contribution >= 4 is 16.9 Å². The Hall–Kier alpha value is -2.60. The van der Waals surface area contributed by atoms with Crippen LogP contribution in [0.2, 0.25) is 0 Å². The van der Waals surface area contributed by atoms with Crippen LogP contribution in [0.5, 0.6) is 0 Å². The van der Waals surface area contributed by atoms with Crippen molar-refractivity contribution in [1.29, 1.82) is 0 Å². The molecule has 1 aliphatic heterocycles. The Morgan fingerprint density at radius 1 is 1.00 bits per heavy atom. The molecule has 1 N–H and O–H groups in total. The summed E-state index contributed by atoms with van der Waals surface area (Å²) in [4.78, 5) is 11.3. The van der Waals surface area contributed by atoms with E-state index in [0.29, 0.717) is 12.6 Å². The minimum absolute atomic E-state index is 0.340. The van der Waals surface area contributed by atoms with Gasteiger partial charge in [0.2, 0.25) is 0 Å². The van der Waals surface area contributed by atoms with Crippen LogP contribution in [-0.4, -0.2) is 34.0 Å². The third-order valence-corrected chi connectivity index (χ3v) is 4.78. The number of rotatable bonds is 4. The fourth-order valence-corrected chi connectivity index (χ4v) is 3.37. The van der Waals surface area contributed by atoms with Crippen molar-refractivity contribution in [3.63, 3.8) is 0 Å². The molecule has 1 aliphatic rings. The van der Waals surface area contributed by atoms with Gasteiger partial charge in [0.05, 0.1) is 17.2 Å². The first-order chi connectivity index (χ1) is 12.7. The number of aromatic nitrogens is 2. The van der Waals surface area contributed by atoms with Crippen molar-refractivity contribution in [2.45, 2.75) is 25.4 Å². The Morgan fingerprint density at radius 3 is 2.54 bits per heavy atom. The molecule has 0 spiro atoms. The molecule has 0 bridgehead atoms. The van der Waals surface area contributed by atoms with E-state index in [4.69, 9.17) is 0 Å². The Labute approximate surface area is 150 Å². The number of para-hydroxylation sites is 2. The topological polar surface area (TPSA) is 41.0 Å². The molecule has 1 saturated heterocycles. The van der Waals surface area contributed by atoms with Crippen LogP contribution < -0.4 is 5.32 Å². The van der Waals surface area contributed by atoms with Gasteiger partial charge in [-0.25, -0.2) is 13.8 Å². The molecule has 2 aromatic carbocycles. The summed E-state index contributed by atoms with van der Waals surface area (Å²) in [6, 6.07) is 12.3. The van der Waals surface area contributed by atoms with E-state index in [2.05, 4.69) is 20.2 Å². The van der Waals surface area contributed by atoms with E-state index in [9.17, 15) is 8.78 Å². The van der Waals surface area contributed by atoms with Gasteiger partial charge >= 0.3 is 0 Å². The first kappa shape index (κ1) is 16.8. The highest BCUT2D eigenvalue weighted by atomic mass is 19.2. The third-order valence-electron chi connectivity index (χ3n) is 4.78. The zero-order valence-electron chi connectivity index (χ0n) is 14.3. The lowest BCUT2D eigenvalue weighted by Gasteiger charge is -2.32. The molecule has 0 atom stereocenters. The van der Waals surface area contributed by atoms with Crippen molar-refractivity contribution in [3.8, 4) is 0 Å². The van der Waals surface area contributed by atoms with Crippen LogP contribution in [0.3, 0.4) is 0 Å². The summed E-state index contributed by atoms with van der Waals surface area (Å²) in [5.74, 6) is -0.787. The first-order valence-corrected chi connectivity index (χ1v) is 8.82. The van der Waals surface area contributed by atoms with Gasteiger partial charge in [0.1, 0.15) is 5.82 Å². The molecule has 134 valence electrons. The lowest BCUT2D eigenvalue weighted by molar-refractivity contribution is 0.211.